The zero-order chi connectivity index (χ0) is 18.1. The first-order chi connectivity index (χ1) is 11.9. The molecule has 1 aromatic heterocycles. The molecule has 0 unspecified atom stereocenters. The summed E-state index contributed by atoms with van der Waals surface area (Å²) in [5, 5.41) is 14.3. The SMILES string of the molecule is COc1ccc(C(=O)Nc2nc3c(C)ccc(C)c3s2)cc1[N+](=O)[O-]. The van der Waals surface area contributed by atoms with Crippen molar-refractivity contribution < 1.29 is 14.5 Å². The number of carbonyl (C=O) groups excluding carboxylic acids is 1. The van der Waals surface area contributed by atoms with Crippen molar-refractivity contribution in [2.24, 2.45) is 0 Å². The fraction of sp³-hybridized carbons (Fsp3) is 0.176. The quantitative estimate of drug-likeness (QED) is 0.561. The molecule has 7 nitrogen and oxygen atoms in total. The van der Waals surface area contributed by atoms with Crippen molar-refractivity contribution in [1.29, 1.82) is 0 Å². The lowest BCUT2D eigenvalue weighted by atomic mass is 10.1. The molecule has 0 radical (unpaired) electrons. The first-order valence-corrected chi connectivity index (χ1v) is 8.23. The summed E-state index contributed by atoms with van der Waals surface area (Å²) in [7, 11) is 1.34. The highest BCUT2D eigenvalue weighted by molar-refractivity contribution is 7.22. The number of nitrogens with one attached hydrogen (secondary N) is 1. The van der Waals surface area contributed by atoms with E-state index in [1.807, 2.05) is 26.0 Å². The van der Waals surface area contributed by atoms with Crippen molar-refractivity contribution >= 4 is 38.3 Å². The second-order valence-electron chi connectivity index (χ2n) is 5.49. The third-order valence-corrected chi connectivity index (χ3v) is 4.91. The van der Waals surface area contributed by atoms with Gasteiger partial charge in [0.1, 0.15) is 0 Å². The molecule has 3 aromatic rings. The maximum atomic E-state index is 12.4. The molecule has 3 rings (SSSR count). The summed E-state index contributed by atoms with van der Waals surface area (Å²) in [5.74, 6) is -0.354. The fourth-order valence-electron chi connectivity index (χ4n) is 2.46. The molecular weight excluding hydrogens is 342 g/mol. The van der Waals surface area contributed by atoms with Gasteiger partial charge < -0.3 is 4.74 Å². The molecule has 0 fully saturated rings. The van der Waals surface area contributed by atoms with Gasteiger partial charge in [-0.1, -0.05) is 23.5 Å². The van der Waals surface area contributed by atoms with Crippen LogP contribution in [-0.4, -0.2) is 22.9 Å². The Morgan fingerprint density at radius 3 is 2.60 bits per heavy atom. The Balaban J connectivity index is 1.92. The summed E-state index contributed by atoms with van der Waals surface area (Å²) >= 11 is 1.38. The fourth-order valence-corrected chi connectivity index (χ4v) is 3.46. The molecule has 0 saturated carbocycles. The molecule has 0 bridgehead atoms. The zero-order valence-electron chi connectivity index (χ0n) is 13.8. The number of amides is 1. The van der Waals surface area contributed by atoms with Crippen LogP contribution in [0, 0.1) is 24.0 Å². The Morgan fingerprint density at radius 1 is 1.24 bits per heavy atom. The van der Waals surface area contributed by atoms with Crippen LogP contribution in [0.25, 0.3) is 10.2 Å². The van der Waals surface area contributed by atoms with Crippen LogP contribution < -0.4 is 10.1 Å². The molecule has 1 heterocycles. The van der Waals surface area contributed by atoms with Gasteiger partial charge in [0.2, 0.25) is 0 Å². The third-order valence-electron chi connectivity index (χ3n) is 3.80. The Hall–Kier alpha value is -3.00. The van der Waals surface area contributed by atoms with E-state index in [1.165, 1.54) is 36.6 Å². The van der Waals surface area contributed by atoms with E-state index in [4.69, 9.17) is 4.74 Å². The molecule has 8 heteroatoms. The van der Waals surface area contributed by atoms with E-state index in [2.05, 4.69) is 10.3 Å². The number of hydrogen-bond acceptors (Lipinski definition) is 6. The second-order valence-corrected chi connectivity index (χ2v) is 6.49. The van der Waals surface area contributed by atoms with Crippen LogP contribution >= 0.6 is 11.3 Å². The molecule has 0 aliphatic rings. The van der Waals surface area contributed by atoms with E-state index < -0.39 is 10.8 Å². The number of anilines is 1. The number of hydrogen-bond donors (Lipinski definition) is 1. The largest absolute Gasteiger partial charge is 0.490 e. The number of nitro groups is 1. The maximum absolute atomic E-state index is 12.4. The molecule has 0 aliphatic carbocycles. The lowest BCUT2D eigenvalue weighted by Gasteiger charge is -2.04. The predicted octanol–water partition coefficient (Wildman–Crippen LogP) is 4.08. The van der Waals surface area contributed by atoms with Crippen LogP contribution in [0.2, 0.25) is 0 Å². The second kappa shape index (κ2) is 6.48. The minimum absolute atomic E-state index is 0.104. The molecule has 0 saturated heterocycles. The number of nitro benzene ring substituents is 1. The monoisotopic (exact) mass is 357 g/mol. The van der Waals surface area contributed by atoms with E-state index in [0.29, 0.717) is 5.13 Å². The molecule has 128 valence electrons. The van der Waals surface area contributed by atoms with Crippen molar-refractivity contribution in [2.75, 3.05) is 12.4 Å². The molecule has 2 aromatic carbocycles. The summed E-state index contributed by atoms with van der Waals surface area (Å²) in [6.07, 6.45) is 0. The van der Waals surface area contributed by atoms with Crippen LogP contribution in [0.5, 0.6) is 5.75 Å². The van der Waals surface area contributed by atoms with Crippen LogP contribution in [0.1, 0.15) is 21.5 Å². The molecule has 25 heavy (non-hydrogen) atoms. The maximum Gasteiger partial charge on any atom is 0.311 e. The van der Waals surface area contributed by atoms with E-state index in [0.717, 1.165) is 21.3 Å². The van der Waals surface area contributed by atoms with Crippen molar-refractivity contribution in [3.63, 3.8) is 0 Å². The Bertz CT molecular complexity index is 958. The van der Waals surface area contributed by atoms with Gasteiger partial charge in [-0.3, -0.25) is 20.2 Å². The van der Waals surface area contributed by atoms with Gasteiger partial charge in [0, 0.05) is 11.6 Å². The molecule has 1 amide bonds. The summed E-state index contributed by atoms with van der Waals surface area (Å²) < 4.78 is 5.95. The summed E-state index contributed by atoms with van der Waals surface area (Å²) in [6.45, 7) is 3.94. The standard InChI is InChI=1S/C17H15N3O4S/c1-9-4-5-10(2)15-14(9)18-17(25-15)19-16(21)11-6-7-13(24-3)12(8-11)20(22)23/h4-8H,1-3H3,(H,18,19,21). The van der Waals surface area contributed by atoms with Crippen molar-refractivity contribution in [3.8, 4) is 5.75 Å². The van der Waals surface area contributed by atoms with Crippen molar-refractivity contribution in [1.82, 2.24) is 4.98 Å². The predicted molar refractivity (Wildman–Crippen MR) is 96.7 cm³/mol. The number of nitrogens with zero attached hydrogens (tertiary/aromatic N) is 2. The number of ether oxygens (including phenoxy) is 1. The third kappa shape index (κ3) is 3.16. The van der Waals surface area contributed by atoms with Gasteiger partial charge in [-0.25, -0.2) is 4.98 Å². The lowest BCUT2D eigenvalue weighted by molar-refractivity contribution is -0.385. The van der Waals surface area contributed by atoms with Crippen molar-refractivity contribution in [2.45, 2.75) is 13.8 Å². The average Bonchev–Trinajstić information content (AvgIpc) is 3.02. The molecule has 0 spiro atoms. The van der Waals surface area contributed by atoms with Gasteiger partial charge in [-0.2, -0.15) is 0 Å². The smallest absolute Gasteiger partial charge is 0.311 e. The number of thiazole rings is 1. The van der Waals surface area contributed by atoms with E-state index in [-0.39, 0.29) is 17.0 Å². The Kier molecular flexibility index (Phi) is 4.37. The Morgan fingerprint density at radius 2 is 1.96 bits per heavy atom. The van der Waals surface area contributed by atoms with E-state index in [9.17, 15) is 14.9 Å². The van der Waals surface area contributed by atoms with Gasteiger partial charge in [-0.05, 0) is 37.1 Å². The summed E-state index contributed by atoms with van der Waals surface area (Å²) in [4.78, 5) is 27.4. The lowest BCUT2D eigenvalue weighted by Crippen LogP contribution is -2.12. The Labute approximate surface area is 147 Å². The number of aryl methyl sites for hydroxylation is 2. The van der Waals surface area contributed by atoms with Gasteiger partial charge >= 0.3 is 5.69 Å². The van der Waals surface area contributed by atoms with Gasteiger partial charge in [-0.15, -0.1) is 0 Å². The molecular formula is C17H15N3O4S. The van der Waals surface area contributed by atoms with Crippen LogP contribution in [0.4, 0.5) is 10.8 Å². The molecule has 1 N–H and O–H groups in total. The number of rotatable bonds is 4. The number of methoxy groups -OCH3 is 1. The summed E-state index contributed by atoms with van der Waals surface area (Å²) in [5.41, 5.74) is 2.86. The van der Waals surface area contributed by atoms with E-state index >= 15 is 0 Å². The van der Waals surface area contributed by atoms with Gasteiger partial charge in [0.05, 0.1) is 22.2 Å². The van der Waals surface area contributed by atoms with Crippen LogP contribution in [-0.2, 0) is 0 Å². The average molecular weight is 357 g/mol. The first-order valence-electron chi connectivity index (χ1n) is 7.41. The first kappa shape index (κ1) is 16.8. The topological polar surface area (TPSA) is 94.4 Å². The minimum atomic E-state index is -0.583. The number of carbonyl (C=O) groups is 1. The highest BCUT2D eigenvalue weighted by Crippen LogP contribution is 2.32. The highest BCUT2D eigenvalue weighted by atomic mass is 32.1. The number of fused-ring (bicyclic) bond motifs is 1. The van der Waals surface area contributed by atoms with Gasteiger partial charge in [0.15, 0.2) is 10.9 Å². The molecule has 0 atom stereocenters. The zero-order valence-corrected chi connectivity index (χ0v) is 14.6. The highest BCUT2D eigenvalue weighted by Gasteiger charge is 2.19. The van der Waals surface area contributed by atoms with Crippen LogP contribution in [0.15, 0.2) is 30.3 Å². The van der Waals surface area contributed by atoms with Gasteiger partial charge in [0.25, 0.3) is 5.91 Å². The minimum Gasteiger partial charge on any atom is -0.490 e. The summed E-state index contributed by atoms with van der Waals surface area (Å²) in [6, 6.07) is 8.06. The van der Waals surface area contributed by atoms with Crippen LogP contribution in [0.3, 0.4) is 0 Å². The molecule has 0 aliphatic heterocycles. The number of benzene rings is 2. The number of aromatic nitrogens is 1. The van der Waals surface area contributed by atoms with Crippen molar-refractivity contribution in [3.05, 3.63) is 57.1 Å². The normalized spacial score (nSPS) is 10.7. The van der Waals surface area contributed by atoms with E-state index in [1.54, 1.807) is 0 Å².